The van der Waals surface area contributed by atoms with Gasteiger partial charge in [-0.3, -0.25) is 5.32 Å². The smallest absolute Gasteiger partial charge is 0.444 e. The zero-order valence-electron chi connectivity index (χ0n) is 13.9. The van der Waals surface area contributed by atoms with Crippen LogP contribution in [0.25, 0.3) is 0 Å². The van der Waals surface area contributed by atoms with Crippen LogP contribution in [0.2, 0.25) is 0 Å². The molecule has 1 aliphatic heterocycles. The van der Waals surface area contributed by atoms with E-state index < -0.39 is 30.0 Å². The Morgan fingerprint density at radius 1 is 1.19 bits per heavy atom. The summed E-state index contributed by atoms with van der Waals surface area (Å²) in [4.78, 5) is 11.6. The van der Waals surface area contributed by atoms with E-state index in [1.807, 2.05) is 27.7 Å². The van der Waals surface area contributed by atoms with E-state index in [4.69, 9.17) is 19.5 Å². The Kier molecular flexibility index (Phi) is 4.90. The minimum atomic E-state index is -0.692. The summed E-state index contributed by atoms with van der Waals surface area (Å²) in [5.74, 6) is 0. The SMILES string of the molecule is CC(C)(C)OC(=O)N/C=C(\C=N)B1OC(C)(C)C(C)(C)O1. The summed E-state index contributed by atoms with van der Waals surface area (Å²) in [5, 5.41) is 9.95. The van der Waals surface area contributed by atoms with Crippen LogP contribution in [0.4, 0.5) is 4.79 Å². The van der Waals surface area contributed by atoms with E-state index in [9.17, 15) is 4.79 Å². The van der Waals surface area contributed by atoms with Gasteiger partial charge in [-0.05, 0) is 48.5 Å². The van der Waals surface area contributed by atoms with Gasteiger partial charge in [0.15, 0.2) is 0 Å². The van der Waals surface area contributed by atoms with Crippen molar-refractivity contribution in [1.82, 2.24) is 5.32 Å². The first-order valence-corrected chi connectivity index (χ1v) is 6.94. The van der Waals surface area contributed by atoms with Gasteiger partial charge in [0, 0.05) is 17.9 Å². The van der Waals surface area contributed by atoms with E-state index in [2.05, 4.69) is 5.32 Å². The van der Waals surface area contributed by atoms with Crippen LogP contribution in [0.1, 0.15) is 48.5 Å². The topological polar surface area (TPSA) is 80.6 Å². The van der Waals surface area contributed by atoms with Crippen molar-refractivity contribution < 1.29 is 18.8 Å². The van der Waals surface area contributed by atoms with Crippen molar-refractivity contribution in [2.45, 2.75) is 65.3 Å². The average Bonchev–Trinajstić information content (AvgIpc) is 2.46. The van der Waals surface area contributed by atoms with Crippen molar-refractivity contribution in [3.8, 4) is 0 Å². The van der Waals surface area contributed by atoms with E-state index in [1.165, 1.54) is 6.20 Å². The molecule has 0 saturated carbocycles. The van der Waals surface area contributed by atoms with Gasteiger partial charge >= 0.3 is 13.2 Å². The Morgan fingerprint density at radius 2 is 1.67 bits per heavy atom. The third-order valence-electron chi connectivity index (χ3n) is 3.45. The Balaban J connectivity index is 2.75. The number of rotatable bonds is 3. The van der Waals surface area contributed by atoms with Gasteiger partial charge in [-0.1, -0.05) is 0 Å². The van der Waals surface area contributed by atoms with Gasteiger partial charge in [-0.25, -0.2) is 4.79 Å². The van der Waals surface area contributed by atoms with Gasteiger partial charge < -0.3 is 19.5 Å². The molecule has 0 atom stereocenters. The van der Waals surface area contributed by atoms with E-state index in [0.29, 0.717) is 5.47 Å². The molecule has 1 rings (SSSR count). The number of ether oxygens (including phenoxy) is 1. The summed E-state index contributed by atoms with van der Waals surface area (Å²) in [5.41, 5.74) is -1.15. The summed E-state index contributed by atoms with van der Waals surface area (Å²) < 4.78 is 16.8. The fourth-order valence-corrected chi connectivity index (χ4v) is 1.61. The molecular formula is C14H25BN2O4. The third kappa shape index (κ3) is 4.57. The molecule has 2 N–H and O–H groups in total. The molecule has 1 amide bonds. The maximum atomic E-state index is 11.6. The number of hydrogen-bond acceptors (Lipinski definition) is 5. The number of allylic oxidation sites excluding steroid dienone is 1. The summed E-state index contributed by atoms with van der Waals surface area (Å²) in [6.45, 7) is 13.0. The van der Waals surface area contributed by atoms with Crippen LogP contribution in [-0.4, -0.2) is 36.2 Å². The Labute approximate surface area is 126 Å². The number of amides is 1. The molecule has 118 valence electrons. The van der Waals surface area contributed by atoms with Gasteiger partial charge in [-0.15, -0.1) is 0 Å². The van der Waals surface area contributed by atoms with Gasteiger partial charge in [-0.2, -0.15) is 0 Å². The molecule has 7 heteroatoms. The monoisotopic (exact) mass is 296 g/mol. The third-order valence-corrected chi connectivity index (χ3v) is 3.45. The highest BCUT2D eigenvalue weighted by molar-refractivity contribution is 6.60. The highest BCUT2D eigenvalue weighted by atomic mass is 16.7. The van der Waals surface area contributed by atoms with Crippen LogP contribution < -0.4 is 5.32 Å². The standard InChI is InChI=1S/C14H25BN2O4/c1-12(2,3)19-11(18)17-9-10(8-16)15-20-13(4,5)14(6,7)21-15/h8-9,16H,1-7H3,(H,17,18)/b10-9+,16-8?. The molecule has 0 aromatic heterocycles. The van der Waals surface area contributed by atoms with Gasteiger partial charge in [0.05, 0.1) is 11.2 Å². The molecule has 0 spiro atoms. The minimum absolute atomic E-state index is 0.416. The molecule has 21 heavy (non-hydrogen) atoms. The van der Waals surface area contributed by atoms with Gasteiger partial charge in [0.2, 0.25) is 0 Å². The number of carbonyl (C=O) groups is 1. The van der Waals surface area contributed by atoms with Crippen LogP contribution in [0.5, 0.6) is 0 Å². The van der Waals surface area contributed by atoms with Crippen LogP contribution >= 0.6 is 0 Å². The maximum Gasteiger partial charge on any atom is 0.497 e. The van der Waals surface area contributed by atoms with Gasteiger partial charge in [0.1, 0.15) is 5.60 Å². The molecule has 0 aliphatic carbocycles. The number of carbonyl (C=O) groups excluding carboxylic acids is 1. The molecule has 1 aliphatic rings. The lowest BCUT2D eigenvalue weighted by molar-refractivity contribution is 0.00578. The van der Waals surface area contributed by atoms with Crippen molar-refractivity contribution in [3.05, 3.63) is 11.7 Å². The fraction of sp³-hybridized carbons (Fsp3) is 0.714. The number of nitrogens with one attached hydrogen (secondary N) is 2. The van der Waals surface area contributed by atoms with Gasteiger partial charge in [0.25, 0.3) is 0 Å². The lowest BCUT2D eigenvalue weighted by Gasteiger charge is -2.32. The predicted molar refractivity (Wildman–Crippen MR) is 82.3 cm³/mol. The second-order valence-corrected chi connectivity index (χ2v) is 7.02. The Hall–Kier alpha value is -1.34. The van der Waals surface area contributed by atoms with Crippen molar-refractivity contribution in [2.24, 2.45) is 0 Å². The van der Waals surface area contributed by atoms with E-state index in [1.54, 1.807) is 20.8 Å². The zero-order valence-corrected chi connectivity index (χ0v) is 13.9. The number of hydrogen-bond donors (Lipinski definition) is 2. The lowest BCUT2D eigenvalue weighted by Crippen LogP contribution is -2.41. The first-order chi connectivity index (χ1) is 9.38. The average molecular weight is 296 g/mol. The highest BCUT2D eigenvalue weighted by Gasteiger charge is 2.52. The van der Waals surface area contributed by atoms with Crippen molar-refractivity contribution in [3.63, 3.8) is 0 Å². The van der Waals surface area contributed by atoms with Crippen molar-refractivity contribution >= 4 is 19.4 Å². The fourth-order valence-electron chi connectivity index (χ4n) is 1.61. The molecule has 0 unspecified atom stereocenters. The number of alkyl carbamates (subject to hydrolysis) is 1. The Morgan fingerprint density at radius 3 is 2.05 bits per heavy atom. The quantitative estimate of drug-likeness (QED) is 0.619. The normalized spacial score (nSPS) is 21.1. The molecule has 1 saturated heterocycles. The van der Waals surface area contributed by atoms with Crippen LogP contribution in [-0.2, 0) is 14.0 Å². The van der Waals surface area contributed by atoms with E-state index >= 15 is 0 Å². The van der Waals surface area contributed by atoms with Crippen molar-refractivity contribution in [1.29, 1.82) is 5.41 Å². The summed E-state index contributed by atoms with van der Waals surface area (Å²) in [6, 6.07) is 0. The molecule has 0 radical (unpaired) electrons. The second-order valence-electron chi connectivity index (χ2n) is 7.02. The molecule has 0 aromatic carbocycles. The highest BCUT2D eigenvalue weighted by Crippen LogP contribution is 2.38. The summed E-state index contributed by atoms with van der Waals surface area (Å²) >= 11 is 0. The Bertz CT molecular complexity index is 436. The first kappa shape index (κ1) is 17.7. The maximum absolute atomic E-state index is 11.6. The minimum Gasteiger partial charge on any atom is -0.444 e. The molecule has 1 fully saturated rings. The summed E-state index contributed by atoms with van der Waals surface area (Å²) in [7, 11) is -0.692. The zero-order chi connectivity index (χ0) is 16.5. The van der Waals surface area contributed by atoms with Crippen LogP contribution in [0.3, 0.4) is 0 Å². The largest absolute Gasteiger partial charge is 0.497 e. The molecular weight excluding hydrogens is 271 g/mol. The second kappa shape index (κ2) is 5.81. The van der Waals surface area contributed by atoms with E-state index in [0.717, 1.165) is 6.21 Å². The van der Waals surface area contributed by atoms with Crippen LogP contribution in [0.15, 0.2) is 11.7 Å². The summed E-state index contributed by atoms with van der Waals surface area (Å²) in [6.07, 6.45) is 1.89. The van der Waals surface area contributed by atoms with Crippen molar-refractivity contribution in [2.75, 3.05) is 0 Å². The predicted octanol–water partition coefficient (Wildman–Crippen LogP) is 2.68. The lowest BCUT2D eigenvalue weighted by atomic mass is 9.79. The van der Waals surface area contributed by atoms with Crippen LogP contribution in [0, 0.1) is 5.41 Å². The first-order valence-electron chi connectivity index (χ1n) is 6.94. The molecule has 0 aromatic rings. The van der Waals surface area contributed by atoms with E-state index in [-0.39, 0.29) is 0 Å². The molecule has 1 heterocycles. The molecule has 0 bridgehead atoms. The molecule has 6 nitrogen and oxygen atoms in total.